The molecule has 1 heterocycles. The summed E-state index contributed by atoms with van der Waals surface area (Å²) in [5.74, 6) is 0. The molecule has 0 amide bonds. The molecule has 0 aliphatic carbocycles. The lowest BCUT2D eigenvalue weighted by Gasteiger charge is -2.21. The van der Waals surface area contributed by atoms with Gasteiger partial charge in [-0.15, -0.1) is 0 Å². The van der Waals surface area contributed by atoms with Gasteiger partial charge in [0.05, 0.1) is 6.33 Å². The van der Waals surface area contributed by atoms with Crippen LogP contribution in [0.5, 0.6) is 0 Å². The van der Waals surface area contributed by atoms with Crippen LogP contribution in [0.1, 0.15) is 32.4 Å². The number of nitrogens with zero attached hydrogens (tertiary/aromatic N) is 2. The SMILES string of the molecule is CCCN(CCC)S(=O)(=O)NCCc1cnc[nH]1. The number of hydrogen-bond acceptors (Lipinski definition) is 3. The van der Waals surface area contributed by atoms with E-state index in [2.05, 4.69) is 14.7 Å². The van der Waals surface area contributed by atoms with Crippen LogP contribution in [0.15, 0.2) is 12.5 Å². The molecule has 6 nitrogen and oxygen atoms in total. The number of aromatic amines is 1. The van der Waals surface area contributed by atoms with E-state index >= 15 is 0 Å². The first-order valence-corrected chi connectivity index (χ1v) is 7.76. The number of rotatable bonds is 9. The van der Waals surface area contributed by atoms with Crippen molar-refractivity contribution in [2.75, 3.05) is 19.6 Å². The first-order valence-electron chi connectivity index (χ1n) is 6.32. The van der Waals surface area contributed by atoms with Gasteiger partial charge in [0.2, 0.25) is 0 Å². The number of hydrogen-bond donors (Lipinski definition) is 2. The number of aromatic nitrogens is 2. The Balaban J connectivity index is 2.46. The van der Waals surface area contributed by atoms with Crippen molar-refractivity contribution in [1.29, 1.82) is 0 Å². The van der Waals surface area contributed by atoms with Crippen LogP contribution in [-0.2, 0) is 16.6 Å². The zero-order chi connectivity index (χ0) is 13.4. The van der Waals surface area contributed by atoms with E-state index in [1.165, 1.54) is 4.31 Å². The minimum absolute atomic E-state index is 0.383. The molecule has 0 unspecified atom stereocenters. The van der Waals surface area contributed by atoms with Crippen molar-refractivity contribution >= 4 is 10.2 Å². The van der Waals surface area contributed by atoms with Crippen molar-refractivity contribution in [3.05, 3.63) is 18.2 Å². The van der Waals surface area contributed by atoms with Crippen LogP contribution in [0.3, 0.4) is 0 Å². The Kier molecular flexibility index (Phi) is 6.31. The van der Waals surface area contributed by atoms with Crippen molar-refractivity contribution in [3.63, 3.8) is 0 Å². The Morgan fingerprint density at radius 3 is 2.50 bits per heavy atom. The number of H-pyrrole nitrogens is 1. The Hall–Kier alpha value is -0.920. The van der Waals surface area contributed by atoms with E-state index in [0.717, 1.165) is 18.5 Å². The predicted molar refractivity (Wildman–Crippen MR) is 71.4 cm³/mol. The third-order valence-corrected chi connectivity index (χ3v) is 4.13. The quantitative estimate of drug-likeness (QED) is 0.702. The maximum absolute atomic E-state index is 12.0. The first-order chi connectivity index (χ1) is 8.60. The monoisotopic (exact) mass is 274 g/mol. The Labute approximate surface area is 109 Å². The molecule has 7 heteroatoms. The minimum Gasteiger partial charge on any atom is -0.348 e. The maximum Gasteiger partial charge on any atom is 0.279 e. The van der Waals surface area contributed by atoms with Crippen molar-refractivity contribution in [1.82, 2.24) is 19.0 Å². The minimum atomic E-state index is -3.35. The largest absolute Gasteiger partial charge is 0.348 e. The fourth-order valence-corrected chi connectivity index (χ4v) is 3.07. The topological polar surface area (TPSA) is 78.1 Å². The summed E-state index contributed by atoms with van der Waals surface area (Å²) in [5, 5.41) is 0. The Morgan fingerprint density at radius 1 is 1.33 bits per heavy atom. The van der Waals surface area contributed by atoms with Gasteiger partial charge in [-0.2, -0.15) is 12.7 Å². The lowest BCUT2D eigenvalue weighted by Crippen LogP contribution is -2.42. The molecule has 0 atom stereocenters. The average molecular weight is 274 g/mol. The van der Waals surface area contributed by atoms with Crippen LogP contribution in [0.25, 0.3) is 0 Å². The summed E-state index contributed by atoms with van der Waals surface area (Å²) in [4.78, 5) is 6.83. The molecule has 0 radical (unpaired) electrons. The van der Waals surface area contributed by atoms with Gasteiger partial charge in [-0.3, -0.25) is 0 Å². The van der Waals surface area contributed by atoms with Gasteiger partial charge >= 0.3 is 0 Å². The highest BCUT2D eigenvalue weighted by molar-refractivity contribution is 7.87. The molecule has 0 saturated carbocycles. The molecule has 0 aliphatic rings. The van der Waals surface area contributed by atoms with Crippen molar-refractivity contribution in [2.24, 2.45) is 0 Å². The molecule has 0 fully saturated rings. The normalized spacial score (nSPS) is 12.2. The second-order valence-electron chi connectivity index (χ2n) is 4.13. The molecular weight excluding hydrogens is 252 g/mol. The van der Waals surface area contributed by atoms with E-state index < -0.39 is 10.2 Å². The van der Waals surface area contributed by atoms with Crippen LogP contribution in [-0.4, -0.2) is 42.3 Å². The van der Waals surface area contributed by atoms with Gasteiger partial charge in [0.25, 0.3) is 10.2 Å². The molecule has 2 N–H and O–H groups in total. The molecule has 0 aliphatic heterocycles. The molecule has 0 aromatic carbocycles. The van der Waals surface area contributed by atoms with Crippen molar-refractivity contribution in [3.8, 4) is 0 Å². The van der Waals surface area contributed by atoms with E-state index in [1.807, 2.05) is 13.8 Å². The van der Waals surface area contributed by atoms with Gasteiger partial charge in [0.15, 0.2) is 0 Å². The van der Waals surface area contributed by atoms with E-state index in [4.69, 9.17) is 0 Å². The third kappa shape index (κ3) is 4.75. The Bertz CT molecular complexity index is 410. The average Bonchev–Trinajstić information content (AvgIpc) is 2.81. The fraction of sp³-hybridized carbons (Fsp3) is 0.727. The van der Waals surface area contributed by atoms with Crippen LogP contribution in [0, 0.1) is 0 Å². The molecule has 0 bridgehead atoms. The van der Waals surface area contributed by atoms with Crippen LogP contribution in [0.2, 0.25) is 0 Å². The molecular formula is C11H22N4O2S. The Morgan fingerprint density at radius 2 is 2.00 bits per heavy atom. The lowest BCUT2D eigenvalue weighted by molar-refractivity contribution is 0.402. The summed E-state index contributed by atoms with van der Waals surface area (Å²) >= 11 is 0. The third-order valence-electron chi connectivity index (χ3n) is 2.52. The predicted octanol–water partition coefficient (Wildman–Crippen LogP) is 0.909. The molecule has 104 valence electrons. The van der Waals surface area contributed by atoms with Crippen molar-refractivity contribution in [2.45, 2.75) is 33.1 Å². The summed E-state index contributed by atoms with van der Waals surface area (Å²) in [7, 11) is -3.35. The smallest absolute Gasteiger partial charge is 0.279 e. The van der Waals surface area contributed by atoms with E-state index in [0.29, 0.717) is 26.1 Å². The number of imidazole rings is 1. The second kappa shape index (κ2) is 7.50. The molecule has 1 aromatic heterocycles. The molecule has 1 rings (SSSR count). The summed E-state index contributed by atoms with van der Waals surface area (Å²) in [6.45, 7) is 5.46. The fourth-order valence-electron chi connectivity index (χ4n) is 1.68. The van der Waals surface area contributed by atoms with Gasteiger partial charge in [0, 0.05) is 37.9 Å². The van der Waals surface area contributed by atoms with Gasteiger partial charge in [-0.1, -0.05) is 13.8 Å². The summed E-state index contributed by atoms with van der Waals surface area (Å²) < 4.78 is 28.2. The summed E-state index contributed by atoms with van der Waals surface area (Å²) in [6, 6.07) is 0. The molecule has 0 saturated heterocycles. The highest BCUT2D eigenvalue weighted by Crippen LogP contribution is 2.01. The van der Waals surface area contributed by atoms with Crippen LogP contribution < -0.4 is 4.72 Å². The van der Waals surface area contributed by atoms with E-state index in [-0.39, 0.29) is 0 Å². The van der Waals surface area contributed by atoms with E-state index in [1.54, 1.807) is 12.5 Å². The van der Waals surface area contributed by atoms with Gasteiger partial charge < -0.3 is 4.98 Å². The molecule has 18 heavy (non-hydrogen) atoms. The van der Waals surface area contributed by atoms with E-state index in [9.17, 15) is 8.42 Å². The van der Waals surface area contributed by atoms with Gasteiger partial charge in [-0.05, 0) is 12.8 Å². The standard InChI is InChI=1S/C11H22N4O2S/c1-3-7-15(8-4-2)18(16,17)14-6-5-11-9-12-10-13-11/h9-10,14H,3-8H2,1-2H3,(H,12,13). The van der Waals surface area contributed by atoms with Gasteiger partial charge in [-0.25, -0.2) is 9.71 Å². The van der Waals surface area contributed by atoms with Crippen LogP contribution >= 0.6 is 0 Å². The van der Waals surface area contributed by atoms with Crippen molar-refractivity contribution < 1.29 is 8.42 Å². The highest BCUT2D eigenvalue weighted by atomic mass is 32.2. The maximum atomic E-state index is 12.0. The zero-order valence-corrected chi connectivity index (χ0v) is 11.8. The second-order valence-corrected chi connectivity index (χ2v) is 5.88. The summed E-state index contributed by atoms with van der Waals surface area (Å²) in [5.41, 5.74) is 0.926. The summed E-state index contributed by atoms with van der Waals surface area (Å²) in [6.07, 6.45) is 5.54. The van der Waals surface area contributed by atoms with Crippen LogP contribution in [0.4, 0.5) is 0 Å². The number of nitrogens with one attached hydrogen (secondary N) is 2. The first kappa shape index (κ1) is 15.1. The highest BCUT2D eigenvalue weighted by Gasteiger charge is 2.19. The van der Waals surface area contributed by atoms with Gasteiger partial charge in [0.1, 0.15) is 0 Å². The lowest BCUT2D eigenvalue weighted by atomic mass is 10.3. The molecule has 1 aromatic rings. The zero-order valence-electron chi connectivity index (χ0n) is 11.0. The molecule has 0 spiro atoms.